The second-order valence-corrected chi connectivity index (χ2v) is 20.6. The number of Topliss-reactive ketones (excluding diaryl/α,β-unsaturated/α-hetero) is 1. The van der Waals surface area contributed by atoms with Crippen molar-refractivity contribution in [2.24, 2.45) is 0 Å². The average molecular weight is 941 g/mol. The summed E-state index contributed by atoms with van der Waals surface area (Å²) in [5.74, 6) is -0.301. The molecule has 65 heavy (non-hydrogen) atoms. The predicted octanol–water partition coefficient (Wildman–Crippen LogP) is 12.7. The summed E-state index contributed by atoms with van der Waals surface area (Å²) in [5, 5.41) is 2.78. The molecule has 0 spiro atoms. The van der Waals surface area contributed by atoms with Crippen LogP contribution >= 0.6 is 46.9 Å². The van der Waals surface area contributed by atoms with Gasteiger partial charge in [-0.25, -0.2) is 9.88 Å². The highest BCUT2D eigenvalue weighted by Crippen LogP contribution is 2.55. The van der Waals surface area contributed by atoms with Crippen molar-refractivity contribution >= 4 is 104 Å². The number of fused-ring (bicyclic) bond motifs is 7. The summed E-state index contributed by atoms with van der Waals surface area (Å²) in [6.07, 6.45) is 5.16. The van der Waals surface area contributed by atoms with E-state index < -0.39 is 35.7 Å². The molecule has 4 aliphatic rings. The van der Waals surface area contributed by atoms with Gasteiger partial charge in [0.25, 0.3) is 23.6 Å². The Labute approximate surface area is 395 Å². The normalized spacial score (nSPS) is 18.5. The molecular weight excluding hydrogens is 894 g/mol. The number of nitrogens with zero attached hydrogens (tertiary/aromatic N) is 3. The molecule has 1 aromatic heterocycles. The highest BCUT2D eigenvalue weighted by Gasteiger charge is 2.55. The van der Waals surface area contributed by atoms with Gasteiger partial charge in [-0.1, -0.05) is 100 Å². The quantitative estimate of drug-likeness (QED) is 0.0402. The number of ether oxygens (including phenoxy) is 1. The van der Waals surface area contributed by atoms with Crippen molar-refractivity contribution in [3.05, 3.63) is 135 Å². The molecule has 4 amide bonds. The summed E-state index contributed by atoms with van der Waals surface area (Å²) in [6, 6.07) is 25.6. The molecular formula is C52H46ClN3O6S3. The van der Waals surface area contributed by atoms with Crippen LogP contribution < -0.4 is 4.90 Å². The Hall–Kier alpha value is -4.98. The number of epoxide rings is 1. The van der Waals surface area contributed by atoms with Crippen molar-refractivity contribution in [1.82, 2.24) is 9.88 Å². The molecule has 5 aromatic carbocycles. The first kappa shape index (κ1) is 43.9. The zero-order valence-corrected chi connectivity index (χ0v) is 39.5. The topological polar surface area (TPSA) is 117 Å². The van der Waals surface area contributed by atoms with Crippen LogP contribution in [0, 0.1) is 0 Å². The predicted molar refractivity (Wildman–Crippen MR) is 261 cm³/mol. The third kappa shape index (κ3) is 7.49. The Morgan fingerprint density at radius 3 is 1.91 bits per heavy atom. The van der Waals surface area contributed by atoms with Gasteiger partial charge in [-0.2, -0.15) is 0 Å². The van der Waals surface area contributed by atoms with E-state index in [1.165, 1.54) is 9.80 Å². The number of unbranched alkanes of at least 4 members (excludes halogenated alkanes) is 3. The van der Waals surface area contributed by atoms with Gasteiger partial charge in [0.05, 0.1) is 56.6 Å². The zero-order valence-electron chi connectivity index (χ0n) is 36.3. The number of pyridine rings is 1. The Bertz CT molecular complexity index is 2980. The molecule has 6 aromatic rings. The summed E-state index contributed by atoms with van der Waals surface area (Å²) >= 11 is 12.3. The first-order chi connectivity index (χ1) is 31.7. The summed E-state index contributed by atoms with van der Waals surface area (Å²) < 4.78 is 6.25. The van der Waals surface area contributed by atoms with E-state index in [2.05, 4.69) is 20.8 Å². The number of hydrogen-bond acceptors (Lipinski definition) is 10. The fourth-order valence-corrected chi connectivity index (χ4v) is 13.9. The zero-order chi connectivity index (χ0) is 45.1. The minimum atomic E-state index is -0.755. The highest BCUT2D eigenvalue weighted by atomic mass is 35.5. The third-order valence-electron chi connectivity index (χ3n) is 12.7. The minimum Gasteiger partial charge on any atom is -0.363 e. The van der Waals surface area contributed by atoms with E-state index in [4.69, 9.17) is 21.3 Å². The van der Waals surface area contributed by atoms with Gasteiger partial charge in [0.15, 0.2) is 5.78 Å². The van der Waals surface area contributed by atoms with Crippen LogP contribution in [0.3, 0.4) is 0 Å². The van der Waals surface area contributed by atoms with Gasteiger partial charge in [-0.15, -0.1) is 35.3 Å². The largest absolute Gasteiger partial charge is 0.363 e. The summed E-state index contributed by atoms with van der Waals surface area (Å²) in [6.45, 7) is 6.35. The third-order valence-corrected chi connectivity index (χ3v) is 17.0. The van der Waals surface area contributed by atoms with E-state index in [-0.39, 0.29) is 40.2 Å². The summed E-state index contributed by atoms with van der Waals surface area (Å²) in [7, 11) is 0. The fraction of sp³-hybridized carbons (Fsp3) is 0.308. The Kier molecular flexibility index (Phi) is 12.2. The van der Waals surface area contributed by atoms with E-state index >= 15 is 9.59 Å². The van der Waals surface area contributed by atoms with E-state index in [1.807, 2.05) is 42.5 Å². The van der Waals surface area contributed by atoms with Gasteiger partial charge in [-0.3, -0.25) is 28.9 Å². The van der Waals surface area contributed by atoms with Crippen molar-refractivity contribution in [2.45, 2.75) is 98.7 Å². The van der Waals surface area contributed by atoms with Crippen LogP contribution in [-0.4, -0.2) is 62.7 Å². The minimum absolute atomic E-state index is 0.0797. The second-order valence-electron chi connectivity index (χ2n) is 16.9. The van der Waals surface area contributed by atoms with Crippen LogP contribution in [0.4, 0.5) is 5.69 Å². The fourth-order valence-electron chi connectivity index (χ4n) is 9.22. The van der Waals surface area contributed by atoms with Gasteiger partial charge in [0.1, 0.15) is 12.2 Å². The van der Waals surface area contributed by atoms with Crippen molar-refractivity contribution in [3.63, 3.8) is 0 Å². The standard InChI is InChI=1S/C52H46ClN3O6S3/c1-4-7-22-63-46-40-39(41(53)47(64-23-8-5-2)48(46)65-24-9-6-3)51(60)56(52(40)61)37-21-18-30(27-55-49(58)32-16-12-13-17-33(32)50(55)59)31-19-20-36(54-42(31)37)38-43(57)34-25-28-14-10-11-15-29(28)26-35(34)44-45(38)62-44/h10-21,25-26,38,44-45H,4-9,22-24,27H2,1-3H3. The number of hydrogen-bond donors (Lipinski definition) is 0. The van der Waals surface area contributed by atoms with E-state index in [9.17, 15) is 14.4 Å². The maximum atomic E-state index is 15.2. The van der Waals surface area contributed by atoms with Crippen LogP contribution in [0.1, 0.15) is 140 Å². The van der Waals surface area contributed by atoms with Crippen LogP contribution in [0.2, 0.25) is 5.02 Å². The van der Waals surface area contributed by atoms with Gasteiger partial charge < -0.3 is 4.74 Å². The van der Waals surface area contributed by atoms with Crippen LogP contribution in [0.15, 0.2) is 99.6 Å². The average Bonchev–Trinajstić information content (AvgIpc) is 4.02. The number of thioether (sulfide) groups is 3. The van der Waals surface area contributed by atoms with Crippen LogP contribution in [0.25, 0.3) is 21.7 Å². The number of carbonyl (C=O) groups excluding carboxylic acids is 5. The number of imide groups is 2. The first-order valence-corrected chi connectivity index (χ1v) is 25.8. The number of rotatable bonds is 16. The molecule has 3 unspecified atom stereocenters. The molecule has 3 aliphatic heterocycles. The van der Waals surface area contributed by atoms with Gasteiger partial charge >= 0.3 is 0 Å². The highest BCUT2D eigenvalue weighted by molar-refractivity contribution is 8.04. The lowest BCUT2D eigenvalue weighted by atomic mass is 9.79. The molecule has 1 fully saturated rings. The summed E-state index contributed by atoms with van der Waals surface area (Å²) in [5.41, 5.74) is 4.12. The van der Waals surface area contributed by atoms with Crippen molar-refractivity contribution < 1.29 is 28.7 Å². The van der Waals surface area contributed by atoms with Gasteiger partial charge in [0.2, 0.25) is 0 Å². The number of anilines is 1. The van der Waals surface area contributed by atoms with E-state index in [0.29, 0.717) is 38.9 Å². The first-order valence-electron chi connectivity index (χ1n) is 22.4. The molecule has 9 nitrogen and oxygen atoms in total. The Balaban J connectivity index is 1.12. The molecule has 1 saturated heterocycles. The number of carbonyl (C=O) groups is 5. The monoisotopic (exact) mass is 939 g/mol. The lowest BCUT2D eigenvalue weighted by molar-refractivity contribution is 0.0641. The number of aromatic nitrogens is 1. The number of benzene rings is 5. The van der Waals surface area contributed by atoms with Crippen molar-refractivity contribution in [1.29, 1.82) is 0 Å². The number of halogens is 1. The molecule has 10 rings (SSSR count). The number of ketones is 1. The maximum Gasteiger partial charge on any atom is 0.267 e. The Morgan fingerprint density at radius 2 is 1.25 bits per heavy atom. The molecule has 330 valence electrons. The van der Waals surface area contributed by atoms with Crippen molar-refractivity contribution in [3.8, 4) is 0 Å². The SMILES string of the molecule is CCCCSc1c(Cl)c2c(c(SCCCC)c1SCCCC)C(=O)N(c1ccc(CN3C(=O)c4ccccc4C3=O)c3ccc(C4C(=O)c5cc6ccccc6cc5C5OC54)nc13)C2=O. The molecule has 0 radical (unpaired) electrons. The molecule has 4 heterocycles. The van der Waals surface area contributed by atoms with Gasteiger partial charge in [-0.05, 0) is 94.8 Å². The van der Waals surface area contributed by atoms with Crippen LogP contribution in [0.5, 0.6) is 0 Å². The van der Waals surface area contributed by atoms with Gasteiger partial charge in [0, 0.05) is 25.6 Å². The summed E-state index contributed by atoms with van der Waals surface area (Å²) in [4.78, 5) is 82.5. The maximum absolute atomic E-state index is 15.2. The molecule has 0 N–H and O–H groups in total. The van der Waals surface area contributed by atoms with Crippen molar-refractivity contribution in [2.75, 3.05) is 22.2 Å². The van der Waals surface area contributed by atoms with Crippen LogP contribution in [-0.2, 0) is 11.3 Å². The smallest absolute Gasteiger partial charge is 0.267 e. The molecule has 1 aliphatic carbocycles. The molecule has 3 atom stereocenters. The lowest BCUT2D eigenvalue weighted by Gasteiger charge is -2.23. The van der Waals surface area contributed by atoms with E-state index in [1.54, 1.807) is 77.8 Å². The number of amides is 4. The Morgan fingerprint density at radius 1 is 0.646 bits per heavy atom. The van der Waals surface area contributed by atoms with E-state index in [0.717, 1.165) is 86.8 Å². The lowest BCUT2D eigenvalue weighted by Crippen LogP contribution is -2.31. The molecule has 0 bridgehead atoms. The second kappa shape index (κ2) is 18.0. The molecule has 0 saturated carbocycles. The molecule has 13 heteroatoms.